The maximum Gasteiger partial charge on any atom is 0.273 e. The van der Waals surface area contributed by atoms with Gasteiger partial charge in [-0.1, -0.05) is 6.07 Å². The Balaban J connectivity index is 1.31. The second-order valence-corrected chi connectivity index (χ2v) is 9.30. The summed E-state index contributed by atoms with van der Waals surface area (Å²) in [6.45, 7) is 1.25. The largest absolute Gasteiger partial charge is 0.494 e. The lowest BCUT2D eigenvalue weighted by Gasteiger charge is -2.27. The molecule has 0 bridgehead atoms. The van der Waals surface area contributed by atoms with E-state index in [1.54, 1.807) is 35.0 Å². The van der Waals surface area contributed by atoms with Gasteiger partial charge in [-0.15, -0.1) is 10.2 Å². The van der Waals surface area contributed by atoms with Crippen molar-refractivity contribution < 1.29 is 18.7 Å². The summed E-state index contributed by atoms with van der Waals surface area (Å²) in [5.41, 5.74) is 1.88. The molecule has 3 N–H and O–H groups in total. The summed E-state index contributed by atoms with van der Waals surface area (Å²) in [4.78, 5) is 35.5. The van der Waals surface area contributed by atoms with Gasteiger partial charge in [0, 0.05) is 31.8 Å². The topological polar surface area (TPSA) is 152 Å². The van der Waals surface area contributed by atoms with Gasteiger partial charge in [0.2, 0.25) is 0 Å². The number of aromatic nitrogens is 6. The lowest BCUT2D eigenvalue weighted by atomic mass is 10.1. The van der Waals surface area contributed by atoms with Crippen molar-refractivity contribution in [2.45, 2.75) is 25.4 Å². The van der Waals surface area contributed by atoms with E-state index in [9.17, 15) is 14.0 Å². The Morgan fingerprint density at radius 1 is 1.05 bits per heavy atom. The van der Waals surface area contributed by atoms with Gasteiger partial charge < -0.3 is 25.6 Å². The first-order valence-electron chi connectivity index (χ1n) is 12.6. The monoisotopic (exact) mass is 544 g/mol. The molecule has 0 unspecified atom stereocenters. The molecule has 1 fully saturated rings. The fourth-order valence-corrected chi connectivity index (χ4v) is 4.60. The molecule has 14 heteroatoms. The zero-order valence-electron chi connectivity index (χ0n) is 21.7. The number of halogens is 1. The predicted octanol–water partition coefficient (Wildman–Crippen LogP) is 2.74. The quantitative estimate of drug-likeness (QED) is 0.302. The average molecular weight is 545 g/mol. The van der Waals surface area contributed by atoms with Gasteiger partial charge in [0.15, 0.2) is 34.7 Å². The van der Waals surface area contributed by atoms with Gasteiger partial charge in [0.1, 0.15) is 5.69 Å². The lowest BCUT2D eigenvalue weighted by Crippen LogP contribution is -2.41. The van der Waals surface area contributed by atoms with Crippen LogP contribution in [0.5, 0.6) is 5.75 Å². The van der Waals surface area contributed by atoms with Crippen LogP contribution in [0.25, 0.3) is 11.4 Å². The van der Waals surface area contributed by atoms with Crippen LogP contribution in [0.15, 0.2) is 42.7 Å². The number of hydrogen-bond acceptors (Lipinski definition) is 10. The summed E-state index contributed by atoms with van der Waals surface area (Å²) in [6.07, 6.45) is 4.22. The molecule has 13 nitrogen and oxygen atoms in total. The molecule has 1 saturated carbocycles. The van der Waals surface area contributed by atoms with Gasteiger partial charge in [-0.05, 0) is 25.0 Å². The number of nitrogens with zero attached hydrogens (tertiary/aromatic N) is 7. The van der Waals surface area contributed by atoms with Crippen LogP contribution in [0.1, 0.15) is 33.8 Å². The molecule has 1 aromatic carbocycles. The molecular formula is C26H25FN10O3. The van der Waals surface area contributed by atoms with Crippen molar-refractivity contribution in [3.05, 3.63) is 59.9 Å². The van der Waals surface area contributed by atoms with Gasteiger partial charge in [0.05, 0.1) is 43.0 Å². The zero-order valence-corrected chi connectivity index (χ0v) is 21.7. The minimum absolute atomic E-state index is 0.0326. The molecular weight excluding hydrogens is 519 g/mol. The number of benzene rings is 1. The minimum Gasteiger partial charge on any atom is -0.494 e. The smallest absolute Gasteiger partial charge is 0.273 e. The van der Waals surface area contributed by atoms with Crippen molar-refractivity contribution >= 4 is 34.8 Å². The Labute approximate surface area is 227 Å². The molecule has 4 aromatic rings. The second-order valence-electron chi connectivity index (χ2n) is 9.30. The number of para-hydroxylation sites is 1. The zero-order chi connectivity index (χ0) is 27.8. The number of fused-ring (bicyclic) bond motifs is 1. The number of hydrogen-bond donors (Lipinski definition) is 3. The van der Waals surface area contributed by atoms with Crippen LogP contribution < -0.4 is 20.7 Å². The number of rotatable bonds is 8. The first kappa shape index (κ1) is 25.2. The highest BCUT2D eigenvalue weighted by Crippen LogP contribution is 2.37. The van der Waals surface area contributed by atoms with E-state index < -0.39 is 11.7 Å². The Bertz CT molecular complexity index is 1600. The SMILES string of the molecule is CNC(=O)c1nnc(Nc2cc3n(n2)CCN(C2CC2)C3=O)cc1Nc1cccc(-c2ncc(F)cn2)c1OC. The van der Waals surface area contributed by atoms with E-state index in [2.05, 4.69) is 41.2 Å². The van der Waals surface area contributed by atoms with Crippen molar-refractivity contribution in [3.63, 3.8) is 0 Å². The van der Waals surface area contributed by atoms with Crippen molar-refractivity contribution in [2.24, 2.45) is 0 Å². The molecule has 0 spiro atoms. The molecule has 4 heterocycles. The van der Waals surface area contributed by atoms with Crippen LogP contribution in [-0.2, 0) is 6.54 Å². The highest BCUT2D eigenvalue weighted by molar-refractivity contribution is 5.99. The highest BCUT2D eigenvalue weighted by Gasteiger charge is 2.37. The average Bonchev–Trinajstić information content (AvgIpc) is 3.72. The van der Waals surface area contributed by atoms with Gasteiger partial charge >= 0.3 is 0 Å². The molecule has 3 aromatic heterocycles. The molecule has 204 valence electrons. The number of nitrogens with one attached hydrogen (secondary N) is 3. The number of anilines is 4. The van der Waals surface area contributed by atoms with E-state index >= 15 is 0 Å². The first-order valence-corrected chi connectivity index (χ1v) is 12.6. The van der Waals surface area contributed by atoms with Gasteiger partial charge in [0.25, 0.3) is 11.8 Å². The van der Waals surface area contributed by atoms with Crippen molar-refractivity contribution in [1.29, 1.82) is 0 Å². The molecule has 40 heavy (non-hydrogen) atoms. The Morgan fingerprint density at radius 3 is 2.58 bits per heavy atom. The minimum atomic E-state index is -0.557. The number of carbonyl (C=O) groups excluding carboxylic acids is 2. The molecule has 1 aliphatic heterocycles. The highest BCUT2D eigenvalue weighted by atomic mass is 19.1. The Hall–Kier alpha value is -5.14. The Kier molecular flexibility index (Phi) is 6.42. The number of methoxy groups -OCH3 is 1. The van der Waals surface area contributed by atoms with Gasteiger partial charge in [-0.25, -0.2) is 14.4 Å². The maximum atomic E-state index is 13.4. The fourth-order valence-electron chi connectivity index (χ4n) is 4.60. The maximum absolute atomic E-state index is 13.4. The predicted molar refractivity (Wildman–Crippen MR) is 142 cm³/mol. The third-order valence-corrected chi connectivity index (χ3v) is 6.64. The van der Waals surface area contributed by atoms with Gasteiger partial charge in [-0.2, -0.15) is 5.10 Å². The normalized spacial score (nSPS) is 14.5. The summed E-state index contributed by atoms with van der Waals surface area (Å²) < 4.78 is 20.7. The van der Waals surface area contributed by atoms with E-state index in [1.807, 2.05) is 4.90 Å². The summed E-state index contributed by atoms with van der Waals surface area (Å²) in [7, 11) is 2.97. The number of ether oxygens (including phenoxy) is 1. The second kappa shape index (κ2) is 10.2. The first-order chi connectivity index (χ1) is 19.4. The Morgan fingerprint density at radius 2 is 1.85 bits per heavy atom. The van der Waals surface area contributed by atoms with Crippen molar-refractivity contribution in [3.8, 4) is 17.1 Å². The molecule has 0 saturated heterocycles. The molecule has 1 aliphatic carbocycles. The standard InChI is InChI=1S/C26H25FN10O3/c1-28-25(38)22-18(31-17-5-3-4-16(23(17)40-2)24-29-12-14(27)13-30-24)10-20(33-34-22)32-21-11-19-26(39)36(15-6-7-15)8-9-37(19)35-21/h3-5,10-13,15H,6-9H2,1-2H3,(H,28,38)(H2,31,32,33,35). The summed E-state index contributed by atoms with van der Waals surface area (Å²) in [6, 6.07) is 8.85. The molecule has 2 amide bonds. The van der Waals surface area contributed by atoms with E-state index in [1.165, 1.54) is 14.2 Å². The number of carbonyl (C=O) groups is 2. The van der Waals surface area contributed by atoms with Crippen LogP contribution >= 0.6 is 0 Å². The van der Waals surface area contributed by atoms with E-state index in [0.717, 1.165) is 25.2 Å². The van der Waals surface area contributed by atoms with E-state index in [4.69, 9.17) is 4.74 Å². The third-order valence-electron chi connectivity index (χ3n) is 6.64. The van der Waals surface area contributed by atoms with Crippen LogP contribution in [0.4, 0.5) is 27.4 Å². The molecule has 0 atom stereocenters. The lowest BCUT2D eigenvalue weighted by molar-refractivity contribution is 0.0683. The fraction of sp³-hybridized carbons (Fsp3) is 0.269. The van der Waals surface area contributed by atoms with E-state index in [0.29, 0.717) is 59.1 Å². The van der Waals surface area contributed by atoms with Crippen LogP contribution in [0.2, 0.25) is 0 Å². The molecule has 2 aliphatic rings. The van der Waals surface area contributed by atoms with Crippen LogP contribution in [0, 0.1) is 5.82 Å². The van der Waals surface area contributed by atoms with Crippen molar-refractivity contribution in [1.82, 2.24) is 40.2 Å². The molecule has 6 rings (SSSR count). The summed E-state index contributed by atoms with van der Waals surface area (Å²) in [5, 5.41) is 21.6. The third kappa shape index (κ3) is 4.74. The summed E-state index contributed by atoms with van der Waals surface area (Å²) >= 11 is 0. The van der Waals surface area contributed by atoms with Gasteiger partial charge in [-0.3, -0.25) is 14.3 Å². The number of amides is 2. The van der Waals surface area contributed by atoms with Crippen molar-refractivity contribution in [2.75, 3.05) is 31.3 Å². The van der Waals surface area contributed by atoms with Crippen LogP contribution in [-0.4, -0.2) is 73.4 Å². The summed E-state index contributed by atoms with van der Waals surface area (Å²) in [5.74, 6) is 0.330. The molecule has 0 radical (unpaired) electrons. The van der Waals surface area contributed by atoms with E-state index in [-0.39, 0.29) is 17.4 Å². The van der Waals surface area contributed by atoms with Crippen LogP contribution in [0.3, 0.4) is 0 Å².